The highest BCUT2D eigenvalue weighted by Crippen LogP contribution is 2.25. The highest BCUT2D eigenvalue weighted by Gasteiger charge is 2.14. The molecule has 1 heterocycles. The molecule has 0 fully saturated rings. The van der Waals surface area contributed by atoms with Crippen molar-refractivity contribution in [3.8, 4) is 5.75 Å². The molecule has 2 aromatic rings. The first-order valence-electron chi connectivity index (χ1n) is 5.88. The Bertz CT molecular complexity index is 719. The number of aromatic nitrogens is 1. The van der Waals surface area contributed by atoms with E-state index in [1.54, 1.807) is 30.4 Å². The van der Waals surface area contributed by atoms with Crippen molar-refractivity contribution < 1.29 is 13.2 Å². The highest BCUT2D eigenvalue weighted by molar-refractivity contribution is 8.13. The first kappa shape index (κ1) is 15.3. The lowest BCUT2D eigenvalue weighted by Crippen LogP contribution is -1.98. The van der Waals surface area contributed by atoms with Gasteiger partial charge >= 0.3 is 0 Å². The third-order valence-electron chi connectivity index (χ3n) is 2.84. The van der Waals surface area contributed by atoms with Crippen molar-refractivity contribution in [3.63, 3.8) is 0 Å². The Kier molecular flexibility index (Phi) is 4.36. The molecule has 1 aromatic heterocycles. The van der Waals surface area contributed by atoms with Gasteiger partial charge in [0.1, 0.15) is 17.4 Å². The molecule has 0 aliphatic rings. The number of benzene rings is 1. The monoisotopic (exact) mass is 331 g/mol. The van der Waals surface area contributed by atoms with Crippen LogP contribution in [0.15, 0.2) is 23.1 Å². The molecule has 0 aliphatic carbocycles. The Morgan fingerprint density at radius 3 is 2.50 bits per heavy atom. The van der Waals surface area contributed by atoms with Crippen molar-refractivity contribution in [2.24, 2.45) is 0 Å². The molecule has 1 aromatic carbocycles. The Labute approximate surface area is 126 Å². The third kappa shape index (κ3) is 3.50. The van der Waals surface area contributed by atoms with Crippen LogP contribution in [0.5, 0.6) is 5.75 Å². The Morgan fingerprint density at radius 2 is 2.00 bits per heavy atom. The van der Waals surface area contributed by atoms with Crippen molar-refractivity contribution in [1.82, 2.24) is 4.98 Å². The Balaban J connectivity index is 2.13. The summed E-state index contributed by atoms with van der Waals surface area (Å²) in [6, 6.07) is 4.70. The van der Waals surface area contributed by atoms with Crippen LogP contribution in [0.3, 0.4) is 0 Å². The second-order valence-corrected chi connectivity index (χ2v) is 8.23. The van der Waals surface area contributed by atoms with Gasteiger partial charge in [-0.2, -0.15) is 0 Å². The molecule has 0 saturated heterocycles. The second-order valence-electron chi connectivity index (χ2n) is 4.40. The van der Waals surface area contributed by atoms with E-state index in [0.717, 1.165) is 10.7 Å². The molecule has 7 heteroatoms. The van der Waals surface area contributed by atoms with E-state index >= 15 is 0 Å². The fraction of sp³-hybridized carbons (Fsp3) is 0.308. The lowest BCUT2D eigenvalue weighted by Gasteiger charge is -2.07. The summed E-state index contributed by atoms with van der Waals surface area (Å²) in [5.41, 5.74) is 1.57. The molecule has 20 heavy (non-hydrogen) atoms. The summed E-state index contributed by atoms with van der Waals surface area (Å²) in [6.45, 7) is 6.02. The molecular weight excluding hydrogens is 318 g/mol. The maximum Gasteiger partial charge on any atom is 0.261 e. The number of nitrogens with zero attached hydrogens (tertiary/aromatic N) is 1. The first-order valence-corrected chi connectivity index (χ1v) is 9.01. The fourth-order valence-electron chi connectivity index (χ4n) is 1.73. The van der Waals surface area contributed by atoms with E-state index in [1.165, 1.54) is 10.9 Å². The molecule has 0 bridgehead atoms. The quantitative estimate of drug-likeness (QED) is 0.804. The SMILES string of the molecule is Cc1cc(OCc2nc(C)c(C)s2)ccc1S(=O)(=O)Cl. The molecule has 108 valence electrons. The van der Waals surface area contributed by atoms with Crippen LogP contribution in [0.25, 0.3) is 0 Å². The molecule has 4 nitrogen and oxygen atoms in total. The molecule has 0 spiro atoms. The maximum absolute atomic E-state index is 11.3. The highest BCUT2D eigenvalue weighted by atomic mass is 35.7. The second kappa shape index (κ2) is 5.71. The number of halogens is 1. The van der Waals surface area contributed by atoms with E-state index in [9.17, 15) is 8.42 Å². The minimum Gasteiger partial charge on any atom is -0.486 e. The molecule has 0 radical (unpaired) electrons. The molecule has 0 N–H and O–H groups in total. The summed E-state index contributed by atoms with van der Waals surface area (Å²) in [6.07, 6.45) is 0. The summed E-state index contributed by atoms with van der Waals surface area (Å²) in [5.74, 6) is 0.595. The van der Waals surface area contributed by atoms with Crippen molar-refractivity contribution in [3.05, 3.63) is 39.3 Å². The minimum atomic E-state index is -3.71. The van der Waals surface area contributed by atoms with Crippen LogP contribution in [-0.2, 0) is 15.7 Å². The number of thiazole rings is 1. The van der Waals surface area contributed by atoms with Crippen LogP contribution in [0.1, 0.15) is 21.1 Å². The van der Waals surface area contributed by atoms with E-state index in [4.69, 9.17) is 15.4 Å². The topological polar surface area (TPSA) is 56.3 Å². The van der Waals surface area contributed by atoms with E-state index in [1.807, 2.05) is 13.8 Å². The molecule has 2 rings (SSSR count). The van der Waals surface area contributed by atoms with Crippen LogP contribution in [0, 0.1) is 20.8 Å². The fourth-order valence-corrected chi connectivity index (χ4v) is 3.77. The van der Waals surface area contributed by atoms with Gasteiger partial charge in [0.05, 0.1) is 10.6 Å². The van der Waals surface area contributed by atoms with Gasteiger partial charge in [0.15, 0.2) is 0 Å². The summed E-state index contributed by atoms with van der Waals surface area (Å²) in [7, 11) is 1.62. The average molecular weight is 332 g/mol. The molecule has 0 atom stereocenters. The van der Waals surface area contributed by atoms with Gasteiger partial charge in [-0.25, -0.2) is 13.4 Å². The molecular formula is C13H14ClNO3S2. The molecule has 0 amide bonds. The third-order valence-corrected chi connectivity index (χ3v) is 5.37. The zero-order valence-corrected chi connectivity index (χ0v) is 13.7. The van der Waals surface area contributed by atoms with Crippen LogP contribution in [0.4, 0.5) is 0 Å². The zero-order chi connectivity index (χ0) is 14.9. The number of ether oxygens (including phenoxy) is 1. The Hall–Kier alpha value is -1.11. The normalized spacial score (nSPS) is 11.6. The van der Waals surface area contributed by atoms with Crippen molar-refractivity contribution in [2.45, 2.75) is 32.3 Å². The molecule has 0 saturated carbocycles. The van der Waals surface area contributed by atoms with Crippen molar-refractivity contribution >= 4 is 31.1 Å². The number of hydrogen-bond acceptors (Lipinski definition) is 5. The predicted octanol–water partition coefficient (Wildman–Crippen LogP) is 3.57. The standard InChI is InChI=1S/C13H14ClNO3S2/c1-8-6-11(4-5-12(8)20(14,16)17)18-7-13-15-9(2)10(3)19-13/h4-6H,7H2,1-3H3. The van der Waals surface area contributed by atoms with E-state index in [2.05, 4.69) is 4.98 Å². The van der Waals surface area contributed by atoms with E-state index in [0.29, 0.717) is 17.9 Å². The summed E-state index contributed by atoms with van der Waals surface area (Å²) in [4.78, 5) is 5.65. The molecule has 0 aliphatic heterocycles. The van der Waals surface area contributed by atoms with Crippen LogP contribution >= 0.6 is 22.0 Å². The number of rotatable bonds is 4. The molecule has 0 unspecified atom stereocenters. The van der Waals surface area contributed by atoms with Crippen LogP contribution in [-0.4, -0.2) is 13.4 Å². The van der Waals surface area contributed by atoms with Gasteiger partial charge in [-0.05, 0) is 44.5 Å². The van der Waals surface area contributed by atoms with Gasteiger partial charge < -0.3 is 4.74 Å². The largest absolute Gasteiger partial charge is 0.486 e. The first-order chi connectivity index (χ1) is 9.27. The Morgan fingerprint density at radius 1 is 1.30 bits per heavy atom. The van der Waals surface area contributed by atoms with Gasteiger partial charge in [0.2, 0.25) is 0 Å². The minimum absolute atomic E-state index is 0.104. The lowest BCUT2D eigenvalue weighted by atomic mass is 10.2. The predicted molar refractivity (Wildman–Crippen MR) is 80.1 cm³/mol. The average Bonchev–Trinajstić information content (AvgIpc) is 2.65. The maximum atomic E-state index is 11.3. The van der Waals surface area contributed by atoms with Gasteiger partial charge in [0, 0.05) is 15.6 Å². The smallest absolute Gasteiger partial charge is 0.261 e. The van der Waals surface area contributed by atoms with Gasteiger partial charge in [0.25, 0.3) is 9.05 Å². The number of aryl methyl sites for hydroxylation is 3. The summed E-state index contributed by atoms with van der Waals surface area (Å²) >= 11 is 1.59. The van der Waals surface area contributed by atoms with Gasteiger partial charge in [-0.15, -0.1) is 11.3 Å². The number of hydrogen-bond donors (Lipinski definition) is 0. The van der Waals surface area contributed by atoms with Crippen LogP contribution < -0.4 is 4.74 Å². The van der Waals surface area contributed by atoms with Crippen molar-refractivity contribution in [1.29, 1.82) is 0 Å². The summed E-state index contributed by atoms with van der Waals surface area (Å²) in [5, 5.41) is 0.895. The summed E-state index contributed by atoms with van der Waals surface area (Å²) < 4.78 is 28.2. The van der Waals surface area contributed by atoms with E-state index < -0.39 is 9.05 Å². The van der Waals surface area contributed by atoms with Crippen molar-refractivity contribution in [2.75, 3.05) is 0 Å². The zero-order valence-electron chi connectivity index (χ0n) is 11.3. The van der Waals surface area contributed by atoms with Gasteiger partial charge in [-0.1, -0.05) is 0 Å². The lowest BCUT2D eigenvalue weighted by molar-refractivity contribution is 0.305. The van der Waals surface area contributed by atoms with E-state index in [-0.39, 0.29) is 4.90 Å². The van der Waals surface area contributed by atoms with Crippen LogP contribution in [0.2, 0.25) is 0 Å². The van der Waals surface area contributed by atoms with Gasteiger partial charge in [-0.3, -0.25) is 0 Å².